The van der Waals surface area contributed by atoms with E-state index in [0.717, 1.165) is 0 Å². The number of nitrogens with one attached hydrogen (secondary N) is 4. The molecule has 28 heavy (non-hydrogen) atoms. The molecule has 2 aromatic rings. The number of amides is 4. The molecule has 0 radical (unpaired) electrons. The third-order valence-corrected chi connectivity index (χ3v) is 4.30. The van der Waals surface area contributed by atoms with Gasteiger partial charge in [0.15, 0.2) is 0 Å². The van der Waals surface area contributed by atoms with Crippen molar-refractivity contribution >= 4 is 40.8 Å². The van der Waals surface area contributed by atoms with Gasteiger partial charge in [-0.2, -0.15) is 0 Å². The summed E-state index contributed by atoms with van der Waals surface area (Å²) in [5.74, 6) is -0.944. The van der Waals surface area contributed by atoms with Gasteiger partial charge in [0.05, 0.1) is 10.6 Å². The highest BCUT2D eigenvalue weighted by molar-refractivity contribution is 6.33. The largest absolute Gasteiger partial charge is 0.341 e. The molecular weight excluding hydrogens is 380 g/mol. The predicted octanol–water partition coefficient (Wildman–Crippen LogP) is 3.48. The number of carbonyl (C=O) groups excluding carboxylic acids is 3. The minimum atomic E-state index is -0.765. The fourth-order valence-corrected chi connectivity index (χ4v) is 2.71. The third kappa shape index (κ3) is 5.72. The van der Waals surface area contributed by atoms with Crippen LogP contribution in [0, 0.1) is 5.92 Å². The molecule has 0 spiro atoms. The van der Waals surface area contributed by atoms with E-state index in [1.807, 2.05) is 13.8 Å². The molecule has 148 valence electrons. The minimum absolute atomic E-state index is 0.154. The summed E-state index contributed by atoms with van der Waals surface area (Å²) >= 11 is 6.06. The number of halogens is 1. The van der Waals surface area contributed by atoms with Crippen LogP contribution in [-0.4, -0.2) is 30.9 Å². The summed E-state index contributed by atoms with van der Waals surface area (Å²) in [4.78, 5) is 36.7. The first kappa shape index (κ1) is 21.2. The van der Waals surface area contributed by atoms with Crippen molar-refractivity contribution in [3.63, 3.8) is 0 Å². The molecule has 0 heterocycles. The van der Waals surface area contributed by atoms with E-state index in [1.165, 1.54) is 7.05 Å². The number of benzene rings is 2. The van der Waals surface area contributed by atoms with Crippen LogP contribution in [0.25, 0.3) is 0 Å². The Kier molecular flexibility index (Phi) is 7.40. The molecule has 0 aliphatic carbocycles. The van der Waals surface area contributed by atoms with Crippen molar-refractivity contribution in [2.75, 3.05) is 17.7 Å². The first-order valence-corrected chi connectivity index (χ1v) is 9.14. The Bertz CT molecular complexity index is 870. The molecule has 2 rings (SSSR count). The highest BCUT2D eigenvalue weighted by atomic mass is 35.5. The molecule has 4 amide bonds. The van der Waals surface area contributed by atoms with Crippen molar-refractivity contribution < 1.29 is 14.4 Å². The molecule has 2 aromatic carbocycles. The van der Waals surface area contributed by atoms with Crippen LogP contribution in [0.1, 0.15) is 24.2 Å². The Morgan fingerprint density at radius 1 is 0.929 bits per heavy atom. The van der Waals surface area contributed by atoms with E-state index in [0.29, 0.717) is 22.0 Å². The average Bonchev–Trinajstić information content (AvgIpc) is 2.66. The summed E-state index contributed by atoms with van der Waals surface area (Å²) in [5, 5.41) is 10.9. The van der Waals surface area contributed by atoms with Gasteiger partial charge in [0.1, 0.15) is 6.04 Å². The van der Waals surface area contributed by atoms with E-state index >= 15 is 0 Å². The fourth-order valence-electron chi connectivity index (χ4n) is 2.49. The van der Waals surface area contributed by atoms with Gasteiger partial charge in [-0.15, -0.1) is 0 Å². The van der Waals surface area contributed by atoms with Gasteiger partial charge in [0.2, 0.25) is 5.91 Å². The monoisotopic (exact) mass is 402 g/mol. The van der Waals surface area contributed by atoms with Gasteiger partial charge in [0, 0.05) is 18.4 Å². The van der Waals surface area contributed by atoms with Crippen molar-refractivity contribution in [2.24, 2.45) is 5.92 Å². The molecule has 0 saturated carbocycles. The summed E-state index contributed by atoms with van der Waals surface area (Å²) in [7, 11) is 1.51. The molecule has 0 bridgehead atoms. The first-order valence-electron chi connectivity index (χ1n) is 8.77. The maximum atomic E-state index is 12.7. The minimum Gasteiger partial charge on any atom is -0.341 e. The zero-order valence-electron chi connectivity index (χ0n) is 15.9. The molecule has 7 nitrogen and oxygen atoms in total. The van der Waals surface area contributed by atoms with Crippen molar-refractivity contribution in [3.05, 3.63) is 59.1 Å². The predicted molar refractivity (Wildman–Crippen MR) is 111 cm³/mol. The van der Waals surface area contributed by atoms with Crippen LogP contribution in [0.15, 0.2) is 48.5 Å². The lowest BCUT2D eigenvalue weighted by Gasteiger charge is -2.22. The number of rotatable bonds is 6. The number of hydrogen-bond donors (Lipinski definition) is 4. The van der Waals surface area contributed by atoms with Crippen molar-refractivity contribution in [1.29, 1.82) is 0 Å². The van der Waals surface area contributed by atoms with Gasteiger partial charge in [-0.05, 0) is 36.2 Å². The summed E-state index contributed by atoms with van der Waals surface area (Å²) in [6, 6.07) is 12.2. The number of carbonyl (C=O) groups is 3. The third-order valence-electron chi connectivity index (χ3n) is 3.97. The Balaban J connectivity index is 2.11. The molecule has 1 unspecified atom stereocenters. The molecular formula is C20H23ClN4O3. The van der Waals surface area contributed by atoms with Gasteiger partial charge in [-0.25, -0.2) is 4.79 Å². The zero-order valence-corrected chi connectivity index (χ0v) is 16.6. The Morgan fingerprint density at radius 3 is 2.18 bits per heavy atom. The van der Waals surface area contributed by atoms with Gasteiger partial charge >= 0.3 is 6.03 Å². The maximum Gasteiger partial charge on any atom is 0.318 e. The van der Waals surface area contributed by atoms with Crippen LogP contribution in [-0.2, 0) is 4.79 Å². The van der Waals surface area contributed by atoms with Gasteiger partial charge in [-0.3, -0.25) is 9.59 Å². The summed E-state index contributed by atoms with van der Waals surface area (Å²) in [5.41, 5.74) is 1.33. The average molecular weight is 403 g/mol. The van der Waals surface area contributed by atoms with Gasteiger partial charge in [-0.1, -0.05) is 43.6 Å². The van der Waals surface area contributed by atoms with Crippen molar-refractivity contribution in [1.82, 2.24) is 10.6 Å². The van der Waals surface area contributed by atoms with E-state index in [9.17, 15) is 14.4 Å². The molecule has 8 heteroatoms. The second-order valence-electron chi connectivity index (χ2n) is 6.45. The van der Waals surface area contributed by atoms with Crippen LogP contribution in [0.5, 0.6) is 0 Å². The zero-order chi connectivity index (χ0) is 20.7. The highest BCUT2D eigenvalue weighted by Gasteiger charge is 2.25. The van der Waals surface area contributed by atoms with E-state index in [4.69, 9.17) is 11.6 Å². The lowest BCUT2D eigenvalue weighted by molar-refractivity contribution is -0.118. The maximum absolute atomic E-state index is 12.7. The molecule has 0 aliphatic rings. The molecule has 0 aliphatic heterocycles. The Morgan fingerprint density at radius 2 is 1.57 bits per heavy atom. The fraction of sp³-hybridized carbons (Fsp3) is 0.250. The topological polar surface area (TPSA) is 99.3 Å². The van der Waals surface area contributed by atoms with Crippen LogP contribution < -0.4 is 21.3 Å². The molecule has 0 fully saturated rings. The van der Waals surface area contributed by atoms with Gasteiger partial charge < -0.3 is 21.3 Å². The summed E-state index contributed by atoms with van der Waals surface area (Å²) in [6.07, 6.45) is 0. The Hall–Kier alpha value is -3.06. The quantitative estimate of drug-likeness (QED) is 0.595. The van der Waals surface area contributed by atoms with E-state index in [1.54, 1.807) is 48.5 Å². The molecule has 1 atom stereocenters. The lowest BCUT2D eigenvalue weighted by Crippen LogP contribution is -2.47. The van der Waals surface area contributed by atoms with Crippen LogP contribution in [0.4, 0.5) is 16.2 Å². The van der Waals surface area contributed by atoms with Gasteiger partial charge in [0.25, 0.3) is 5.91 Å². The Labute approximate surface area is 168 Å². The van der Waals surface area contributed by atoms with Crippen molar-refractivity contribution in [3.8, 4) is 0 Å². The second-order valence-corrected chi connectivity index (χ2v) is 6.86. The van der Waals surface area contributed by atoms with Crippen molar-refractivity contribution in [2.45, 2.75) is 19.9 Å². The first-order chi connectivity index (χ1) is 13.3. The van der Waals surface area contributed by atoms with Crippen LogP contribution in [0.2, 0.25) is 5.02 Å². The lowest BCUT2D eigenvalue weighted by atomic mass is 10.0. The van der Waals surface area contributed by atoms with Crippen LogP contribution in [0.3, 0.4) is 0 Å². The van der Waals surface area contributed by atoms with E-state index in [2.05, 4.69) is 21.3 Å². The molecule has 0 saturated heterocycles. The van der Waals surface area contributed by atoms with Crippen LogP contribution >= 0.6 is 11.6 Å². The number of anilines is 2. The van der Waals surface area contributed by atoms with E-state index in [-0.39, 0.29) is 17.9 Å². The smallest absolute Gasteiger partial charge is 0.318 e. The second kappa shape index (κ2) is 9.75. The normalized spacial score (nSPS) is 11.5. The number of urea groups is 1. The van der Waals surface area contributed by atoms with E-state index < -0.39 is 11.9 Å². The summed E-state index contributed by atoms with van der Waals surface area (Å²) < 4.78 is 0. The standard InChI is InChI=1S/C20H23ClN4O3/c1-12(2)17(25-18(26)15-9-4-5-10-16(15)21)19(27)23-13-7-6-8-14(11-13)24-20(28)22-3/h4-12,17H,1-3H3,(H,23,27)(H,25,26)(H2,22,24,28). The molecule has 4 N–H and O–H groups in total. The SMILES string of the molecule is CNC(=O)Nc1cccc(NC(=O)C(NC(=O)c2ccccc2Cl)C(C)C)c1. The highest BCUT2D eigenvalue weighted by Crippen LogP contribution is 2.18. The summed E-state index contributed by atoms with van der Waals surface area (Å²) in [6.45, 7) is 3.67. The molecule has 0 aromatic heterocycles. The number of hydrogen-bond acceptors (Lipinski definition) is 3.